The zero-order valence-corrected chi connectivity index (χ0v) is 20.5. The Morgan fingerprint density at radius 3 is 2.35 bits per heavy atom. The van der Waals surface area contributed by atoms with Gasteiger partial charge in [-0.1, -0.05) is 48.0 Å². The Bertz CT molecular complexity index is 1480. The molecule has 2 aliphatic rings. The number of carbonyl (C=O) groups is 2. The van der Waals surface area contributed by atoms with Crippen LogP contribution in [0.1, 0.15) is 29.2 Å². The highest BCUT2D eigenvalue weighted by molar-refractivity contribution is 6.19. The van der Waals surface area contributed by atoms with Crippen molar-refractivity contribution in [1.82, 2.24) is 4.90 Å². The average Bonchev–Trinajstić information content (AvgIpc) is 3.38. The number of aryl methyl sites for hydroxylation is 1. The minimum atomic E-state index is -0.611. The normalized spacial score (nSPS) is 15.8. The molecule has 37 heavy (non-hydrogen) atoms. The fourth-order valence-electron chi connectivity index (χ4n) is 4.17. The van der Waals surface area contributed by atoms with Crippen molar-refractivity contribution in [3.63, 3.8) is 0 Å². The molecule has 2 aliphatic heterocycles. The second-order valence-corrected chi connectivity index (χ2v) is 8.90. The molecule has 0 unspecified atom stereocenters. The molecular formula is C30H24N2O5. The van der Waals surface area contributed by atoms with Crippen LogP contribution in [-0.2, 0) is 22.7 Å². The first-order valence-corrected chi connectivity index (χ1v) is 11.8. The van der Waals surface area contributed by atoms with Crippen molar-refractivity contribution in [3.05, 3.63) is 106 Å². The number of nitriles is 1. The maximum absolute atomic E-state index is 13.4. The number of benzene rings is 3. The van der Waals surface area contributed by atoms with E-state index in [-0.39, 0.29) is 18.9 Å². The van der Waals surface area contributed by atoms with E-state index < -0.39 is 11.8 Å². The van der Waals surface area contributed by atoms with E-state index in [0.717, 1.165) is 16.0 Å². The molecule has 0 saturated heterocycles. The van der Waals surface area contributed by atoms with Gasteiger partial charge in [0.2, 0.25) is 6.79 Å². The molecule has 0 aliphatic carbocycles. The van der Waals surface area contributed by atoms with Gasteiger partial charge in [0.25, 0.3) is 11.8 Å². The second-order valence-electron chi connectivity index (χ2n) is 8.90. The van der Waals surface area contributed by atoms with Crippen LogP contribution < -0.4 is 14.2 Å². The summed E-state index contributed by atoms with van der Waals surface area (Å²) >= 11 is 0. The molecule has 0 radical (unpaired) electrons. The van der Waals surface area contributed by atoms with E-state index in [1.54, 1.807) is 31.2 Å². The third kappa shape index (κ3) is 4.95. The van der Waals surface area contributed by atoms with Crippen LogP contribution in [0.3, 0.4) is 0 Å². The summed E-state index contributed by atoms with van der Waals surface area (Å²) < 4.78 is 16.6. The number of rotatable bonds is 6. The smallest absolute Gasteiger partial charge is 0.271 e. The van der Waals surface area contributed by atoms with E-state index in [9.17, 15) is 14.9 Å². The van der Waals surface area contributed by atoms with Crippen LogP contribution >= 0.6 is 0 Å². The first-order chi connectivity index (χ1) is 17.9. The molecule has 0 spiro atoms. The van der Waals surface area contributed by atoms with Gasteiger partial charge in [0.05, 0.1) is 6.54 Å². The number of imide groups is 1. The lowest BCUT2D eigenvalue weighted by molar-refractivity contribution is -0.141. The molecular weight excluding hydrogens is 468 g/mol. The molecule has 7 heteroatoms. The molecule has 7 nitrogen and oxygen atoms in total. The molecule has 2 amide bonds. The first-order valence-electron chi connectivity index (χ1n) is 11.8. The van der Waals surface area contributed by atoms with E-state index in [2.05, 4.69) is 0 Å². The summed E-state index contributed by atoms with van der Waals surface area (Å²) in [6.45, 7) is 4.25. The highest BCUT2D eigenvalue weighted by Crippen LogP contribution is 2.34. The van der Waals surface area contributed by atoms with Gasteiger partial charge in [-0.15, -0.1) is 0 Å². The van der Waals surface area contributed by atoms with Gasteiger partial charge < -0.3 is 14.2 Å². The Hall–Kier alpha value is -4.83. The van der Waals surface area contributed by atoms with Crippen LogP contribution in [0.15, 0.2) is 83.4 Å². The lowest BCUT2D eigenvalue weighted by Crippen LogP contribution is -2.42. The Labute approximate surface area is 214 Å². The summed E-state index contributed by atoms with van der Waals surface area (Å²) in [5, 5.41) is 9.67. The van der Waals surface area contributed by atoms with Gasteiger partial charge in [-0.25, -0.2) is 0 Å². The van der Waals surface area contributed by atoms with Crippen molar-refractivity contribution in [2.75, 3.05) is 6.79 Å². The van der Waals surface area contributed by atoms with Gasteiger partial charge in [-0.3, -0.25) is 14.5 Å². The molecule has 0 aromatic heterocycles. The highest BCUT2D eigenvalue weighted by Gasteiger charge is 2.35. The molecule has 2 heterocycles. The number of fused-ring (bicyclic) bond motifs is 1. The molecule has 5 rings (SSSR count). The largest absolute Gasteiger partial charge is 0.489 e. The van der Waals surface area contributed by atoms with Crippen LogP contribution in [0.5, 0.6) is 17.2 Å². The topological polar surface area (TPSA) is 88.9 Å². The molecule has 0 N–H and O–H groups in total. The third-order valence-corrected chi connectivity index (χ3v) is 6.32. The van der Waals surface area contributed by atoms with E-state index in [4.69, 9.17) is 14.2 Å². The second kappa shape index (κ2) is 10.0. The molecule has 3 aromatic carbocycles. The summed E-state index contributed by atoms with van der Waals surface area (Å²) in [5.74, 6) is 0.795. The van der Waals surface area contributed by atoms with Crippen molar-refractivity contribution in [1.29, 1.82) is 5.26 Å². The molecule has 184 valence electrons. The number of amides is 2. The van der Waals surface area contributed by atoms with E-state index in [0.29, 0.717) is 40.6 Å². The van der Waals surface area contributed by atoms with Gasteiger partial charge in [-0.2, -0.15) is 5.26 Å². The molecule has 0 atom stereocenters. The van der Waals surface area contributed by atoms with Crippen molar-refractivity contribution < 1.29 is 23.8 Å². The van der Waals surface area contributed by atoms with Gasteiger partial charge in [-0.05, 0) is 66.5 Å². The predicted molar refractivity (Wildman–Crippen MR) is 136 cm³/mol. The maximum Gasteiger partial charge on any atom is 0.271 e. The maximum atomic E-state index is 13.4. The standard InChI is InChI=1S/C30H24N2O5/c1-19-3-5-22(6-4-19)17-35-24-10-7-21(8-11-24)13-25-20(2)26(15-31)30(34)32(29(25)33)16-23-9-12-27-28(14-23)37-18-36-27/h3-14H,16-18H2,1-2H3/b25-13+. The minimum Gasteiger partial charge on any atom is -0.489 e. The summed E-state index contributed by atoms with van der Waals surface area (Å²) in [7, 11) is 0. The number of hydrogen-bond acceptors (Lipinski definition) is 6. The molecule has 3 aromatic rings. The van der Waals surface area contributed by atoms with Crippen LogP contribution in [-0.4, -0.2) is 23.5 Å². The zero-order chi connectivity index (χ0) is 25.9. The van der Waals surface area contributed by atoms with Gasteiger partial charge in [0, 0.05) is 5.57 Å². The molecule has 0 bridgehead atoms. The monoisotopic (exact) mass is 492 g/mol. The van der Waals surface area contributed by atoms with Gasteiger partial charge in [0.15, 0.2) is 11.5 Å². The van der Waals surface area contributed by atoms with Gasteiger partial charge >= 0.3 is 0 Å². The number of hydrogen-bond donors (Lipinski definition) is 0. The summed E-state index contributed by atoms with van der Waals surface area (Å²) in [4.78, 5) is 27.5. The van der Waals surface area contributed by atoms with Crippen LogP contribution in [0, 0.1) is 18.3 Å². The van der Waals surface area contributed by atoms with E-state index in [1.807, 2.05) is 61.5 Å². The number of ether oxygens (including phenoxy) is 3. The van der Waals surface area contributed by atoms with E-state index >= 15 is 0 Å². The Morgan fingerprint density at radius 1 is 0.919 bits per heavy atom. The lowest BCUT2D eigenvalue weighted by Gasteiger charge is -2.27. The van der Waals surface area contributed by atoms with Crippen molar-refractivity contribution in [2.45, 2.75) is 27.0 Å². The van der Waals surface area contributed by atoms with Crippen LogP contribution in [0.2, 0.25) is 0 Å². The molecule has 0 saturated carbocycles. The highest BCUT2D eigenvalue weighted by atomic mass is 16.7. The Morgan fingerprint density at radius 2 is 1.62 bits per heavy atom. The van der Waals surface area contributed by atoms with Crippen LogP contribution in [0.25, 0.3) is 6.08 Å². The Balaban J connectivity index is 1.36. The summed E-state index contributed by atoms with van der Waals surface area (Å²) in [6.07, 6.45) is 1.69. The third-order valence-electron chi connectivity index (χ3n) is 6.32. The fourth-order valence-corrected chi connectivity index (χ4v) is 4.17. The van der Waals surface area contributed by atoms with Crippen molar-refractivity contribution >= 4 is 17.9 Å². The summed E-state index contributed by atoms with van der Waals surface area (Å²) in [5.41, 5.74) is 4.31. The van der Waals surface area contributed by atoms with Gasteiger partial charge in [0.1, 0.15) is 24.0 Å². The van der Waals surface area contributed by atoms with Crippen molar-refractivity contribution in [3.8, 4) is 23.3 Å². The molecule has 0 fully saturated rings. The quantitative estimate of drug-likeness (QED) is 0.352. The Kier molecular flexibility index (Phi) is 6.48. The average molecular weight is 493 g/mol. The number of nitrogens with zero attached hydrogens (tertiary/aromatic N) is 2. The SMILES string of the molecule is CC1=C(C#N)C(=O)N(Cc2ccc3c(c2)OCO3)C(=O)/C1=C/c1ccc(OCc2ccc(C)cc2)cc1. The first kappa shape index (κ1) is 23.9. The summed E-state index contributed by atoms with van der Waals surface area (Å²) in [6, 6.07) is 22.7. The minimum absolute atomic E-state index is 0.00982. The predicted octanol–water partition coefficient (Wildman–Crippen LogP) is 5.10. The van der Waals surface area contributed by atoms with E-state index in [1.165, 1.54) is 5.56 Å². The van der Waals surface area contributed by atoms with Crippen LogP contribution in [0.4, 0.5) is 0 Å². The number of carbonyl (C=O) groups excluding carboxylic acids is 2. The zero-order valence-electron chi connectivity index (χ0n) is 20.5. The van der Waals surface area contributed by atoms with Crippen molar-refractivity contribution in [2.24, 2.45) is 0 Å². The lowest BCUT2D eigenvalue weighted by atomic mass is 9.93. The fraction of sp³-hybridized carbons (Fsp3) is 0.167.